The molecule has 1 aromatic heterocycles. The van der Waals surface area contributed by atoms with Crippen LogP contribution >= 0.6 is 35.6 Å². The molecule has 1 amide bonds. The van der Waals surface area contributed by atoms with Crippen molar-refractivity contribution in [1.29, 1.82) is 0 Å². The summed E-state index contributed by atoms with van der Waals surface area (Å²) in [6.07, 6.45) is 2.01. The first kappa shape index (κ1) is 24.6. The number of carbonyl (C=O) groups excluding carboxylic acids is 1. The molecule has 1 unspecified atom stereocenters. The SMILES string of the molecule is Cl.O=C(COc1ccccc1)Nc1nc2n(n1)C(c1ccccc1Cl)C=C(c1ccc(Cl)cc1)N2. The van der Waals surface area contributed by atoms with Gasteiger partial charge < -0.3 is 10.1 Å². The minimum Gasteiger partial charge on any atom is -0.484 e. The van der Waals surface area contributed by atoms with Gasteiger partial charge in [0.25, 0.3) is 11.9 Å². The number of halogens is 3. The van der Waals surface area contributed by atoms with Crippen LogP contribution in [0.2, 0.25) is 10.0 Å². The maximum absolute atomic E-state index is 12.4. The molecule has 0 aliphatic carbocycles. The largest absolute Gasteiger partial charge is 0.484 e. The van der Waals surface area contributed by atoms with Crippen LogP contribution in [-0.4, -0.2) is 27.3 Å². The number of aromatic nitrogens is 3. The Balaban J connectivity index is 0.00000289. The van der Waals surface area contributed by atoms with Crippen LogP contribution in [0.5, 0.6) is 5.75 Å². The Morgan fingerprint density at radius 2 is 1.71 bits per heavy atom. The molecule has 2 heterocycles. The lowest BCUT2D eigenvalue weighted by Gasteiger charge is -2.24. The van der Waals surface area contributed by atoms with Crippen molar-refractivity contribution in [1.82, 2.24) is 14.8 Å². The van der Waals surface area contributed by atoms with E-state index in [2.05, 4.69) is 20.7 Å². The van der Waals surface area contributed by atoms with Crippen LogP contribution < -0.4 is 15.4 Å². The highest BCUT2D eigenvalue weighted by atomic mass is 35.5. The monoisotopic (exact) mass is 527 g/mol. The molecule has 0 bridgehead atoms. The number of anilines is 2. The van der Waals surface area contributed by atoms with Crippen LogP contribution in [0.4, 0.5) is 11.9 Å². The maximum atomic E-state index is 12.4. The highest BCUT2D eigenvalue weighted by molar-refractivity contribution is 6.31. The Hall–Kier alpha value is -3.52. The third-order valence-corrected chi connectivity index (χ3v) is 5.81. The molecule has 0 saturated heterocycles. The van der Waals surface area contributed by atoms with E-state index in [9.17, 15) is 4.79 Å². The van der Waals surface area contributed by atoms with E-state index in [0.717, 1.165) is 16.8 Å². The lowest BCUT2D eigenvalue weighted by Crippen LogP contribution is -2.21. The van der Waals surface area contributed by atoms with Crippen LogP contribution in [0.15, 0.2) is 84.9 Å². The fourth-order valence-electron chi connectivity index (χ4n) is 3.61. The number of rotatable bonds is 6. The highest BCUT2D eigenvalue weighted by Crippen LogP contribution is 2.36. The van der Waals surface area contributed by atoms with Gasteiger partial charge in [0.05, 0.1) is 0 Å². The Morgan fingerprint density at radius 1 is 1.00 bits per heavy atom. The molecule has 1 atom stereocenters. The quantitative estimate of drug-likeness (QED) is 0.317. The second-order valence-electron chi connectivity index (χ2n) is 7.53. The van der Waals surface area contributed by atoms with Crippen molar-refractivity contribution in [2.75, 3.05) is 17.2 Å². The van der Waals surface area contributed by atoms with E-state index in [1.807, 2.05) is 72.8 Å². The van der Waals surface area contributed by atoms with Gasteiger partial charge in [0.15, 0.2) is 6.61 Å². The summed E-state index contributed by atoms with van der Waals surface area (Å²) in [5.41, 5.74) is 2.61. The first-order valence-electron chi connectivity index (χ1n) is 10.5. The molecule has 1 aliphatic rings. The number of para-hydroxylation sites is 1. The highest BCUT2D eigenvalue weighted by Gasteiger charge is 2.27. The van der Waals surface area contributed by atoms with Crippen LogP contribution in [0.1, 0.15) is 17.2 Å². The van der Waals surface area contributed by atoms with E-state index in [-0.39, 0.29) is 36.9 Å². The number of ether oxygens (including phenoxy) is 1. The van der Waals surface area contributed by atoms with Crippen molar-refractivity contribution < 1.29 is 9.53 Å². The number of nitrogens with one attached hydrogen (secondary N) is 2. The summed E-state index contributed by atoms with van der Waals surface area (Å²) < 4.78 is 7.19. The van der Waals surface area contributed by atoms with Crippen molar-refractivity contribution in [3.05, 3.63) is 106 Å². The Kier molecular flexibility index (Phi) is 7.60. The number of carbonyl (C=O) groups is 1. The number of hydrogen-bond donors (Lipinski definition) is 2. The Morgan fingerprint density at radius 3 is 2.46 bits per heavy atom. The van der Waals surface area contributed by atoms with Gasteiger partial charge in [0, 0.05) is 15.7 Å². The number of fused-ring (bicyclic) bond motifs is 1. The number of benzene rings is 3. The third kappa shape index (κ3) is 5.59. The van der Waals surface area contributed by atoms with Gasteiger partial charge in [-0.25, -0.2) is 4.68 Å². The topological polar surface area (TPSA) is 81.1 Å². The second kappa shape index (κ2) is 10.8. The van der Waals surface area contributed by atoms with Crippen molar-refractivity contribution in [2.24, 2.45) is 0 Å². The zero-order chi connectivity index (χ0) is 23.5. The molecule has 0 saturated carbocycles. The zero-order valence-corrected chi connectivity index (χ0v) is 20.5. The van der Waals surface area contributed by atoms with Crippen molar-refractivity contribution in [3.8, 4) is 5.75 Å². The van der Waals surface area contributed by atoms with Crippen molar-refractivity contribution >= 4 is 59.1 Å². The smallest absolute Gasteiger partial charge is 0.264 e. The van der Waals surface area contributed by atoms with E-state index >= 15 is 0 Å². The molecule has 0 fully saturated rings. The molecule has 35 heavy (non-hydrogen) atoms. The average Bonchev–Trinajstić information content (AvgIpc) is 3.26. The van der Waals surface area contributed by atoms with Gasteiger partial charge >= 0.3 is 0 Å². The van der Waals surface area contributed by atoms with Gasteiger partial charge in [0.2, 0.25) is 5.95 Å². The summed E-state index contributed by atoms with van der Waals surface area (Å²) in [5.74, 6) is 0.864. The predicted octanol–water partition coefficient (Wildman–Crippen LogP) is 6.08. The summed E-state index contributed by atoms with van der Waals surface area (Å²) in [5, 5.41) is 11.7. The van der Waals surface area contributed by atoms with Gasteiger partial charge in [-0.15, -0.1) is 17.5 Å². The molecule has 2 N–H and O–H groups in total. The number of allylic oxidation sites excluding steroid dienone is 1. The second-order valence-corrected chi connectivity index (χ2v) is 8.38. The van der Waals surface area contributed by atoms with E-state index < -0.39 is 0 Å². The van der Waals surface area contributed by atoms with E-state index in [4.69, 9.17) is 27.9 Å². The molecular weight excluding hydrogens is 509 g/mol. The molecule has 4 aromatic rings. The van der Waals surface area contributed by atoms with E-state index in [0.29, 0.717) is 21.7 Å². The summed E-state index contributed by atoms with van der Waals surface area (Å²) in [7, 11) is 0. The van der Waals surface area contributed by atoms with Crippen LogP contribution in [0.25, 0.3) is 5.70 Å². The molecule has 0 spiro atoms. The normalized spacial score (nSPS) is 14.1. The summed E-state index contributed by atoms with van der Waals surface area (Å²) >= 11 is 12.6. The first-order valence-corrected chi connectivity index (χ1v) is 11.3. The molecule has 7 nitrogen and oxygen atoms in total. The first-order chi connectivity index (χ1) is 16.6. The standard InChI is InChI=1S/C25H19Cl2N5O2.ClH/c26-17-12-10-16(11-13-17)21-14-22(19-8-4-5-9-20(19)27)32-25(28-21)30-24(31-32)29-23(33)15-34-18-6-2-1-3-7-18;/h1-14,22H,15H2,(H2,28,29,30,31,33);1H. The van der Waals surface area contributed by atoms with Crippen LogP contribution in [0, 0.1) is 0 Å². The van der Waals surface area contributed by atoms with Crippen molar-refractivity contribution in [2.45, 2.75) is 6.04 Å². The summed E-state index contributed by atoms with van der Waals surface area (Å²) in [6.45, 7) is -0.163. The fourth-order valence-corrected chi connectivity index (χ4v) is 3.98. The van der Waals surface area contributed by atoms with Gasteiger partial charge in [-0.05, 0) is 47.5 Å². The van der Waals surface area contributed by atoms with Crippen LogP contribution in [-0.2, 0) is 4.79 Å². The predicted molar refractivity (Wildman–Crippen MR) is 140 cm³/mol. The van der Waals surface area contributed by atoms with Crippen molar-refractivity contribution in [3.63, 3.8) is 0 Å². The maximum Gasteiger partial charge on any atom is 0.264 e. The molecule has 178 valence electrons. The minimum absolute atomic E-state index is 0. The average molecular weight is 529 g/mol. The minimum atomic E-state index is -0.369. The number of amides is 1. The fraction of sp³-hybridized carbons (Fsp3) is 0.0800. The van der Waals surface area contributed by atoms with E-state index in [1.54, 1.807) is 16.8 Å². The van der Waals surface area contributed by atoms with Crippen LogP contribution in [0.3, 0.4) is 0 Å². The molecule has 0 radical (unpaired) electrons. The number of hydrogen-bond acceptors (Lipinski definition) is 5. The lowest BCUT2D eigenvalue weighted by atomic mass is 10.0. The lowest BCUT2D eigenvalue weighted by molar-refractivity contribution is -0.118. The zero-order valence-electron chi connectivity index (χ0n) is 18.2. The molecule has 1 aliphatic heterocycles. The van der Waals surface area contributed by atoms with Gasteiger partial charge in [0.1, 0.15) is 11.8 Å². The molecule has 10 heteroatoms. The number of nitrogens with zero attached hydrogens (tertiary/aromatic N) is 3. The third-order valence-electron chi connectivity index (χ3n) is 5.21. The Labute approximate surface area is 218 Å². The van der Waals surface area contributed by atoms with Gasteiger partial charge in [-0.1, -0.05) is 71.7 Å². The summed E-state index contributed by atoms with van der Waals surface area (Å²) in [6, 6.07) is 23.8. The summed E-state index contributed by atoms with van der Waals surface area (Å²) in [4.78, 5) is 16.9. The molecule has 5 rings (SSSR count). The van der Waals surface area contributed by atoms with Gasteiger partial charge in [-0.2, -0.15) is 4.98 Å². The van der Waals surface area contributed by atoms with Gasteiger partial charge in [-0.3, -0.25) is 10.1 Å². The Bertz CT molecular complexity index is 1360. The molecular formula is C25H20Cl3N5O2. The van der Waals surface area contributed by atoms with E-state index in [1.165, 1.54) is 0 Å². The molecule has 3 aromatic carbocycles.